The molecule has 0 amide bonds. The molecule has 2 aromatic heterocycles. The van der Waals surface area contributed by atoms with E-state index in [9.17, 15) is 9.90 Å². The third kappa shape index (κ3) is 2.82. The molecule has 2 bridgehead atoms. The molecular formula is C20H24NO4S+. The third-order valence-electron chi connectivity index (χ3n) is 5.87. The molecule has 1 unspecified atom stereocenters. The number of nitrogens with zero attached hydrogens (tertiary/aromatic N) is 1. The number of thiophene rings is 1. The van der Waals surface area contributed by atoms with E-state index in [1.165, 1.54) is 17.6 Å². The number of fused-ring (bicyclic) bond motifs is 3. The summed E-state index contributed by atoms with van der Waals surface area (Å²) >= 11 is 1.31. The monoisotopic (exact) mass is 374 g/mol. The molecule has 0 radical (unpaired) electrons. The molecule has 6 heteroatoms. The number of rotatable bonds is 6. The van der Waals surface area contributed by atoms with Gasteiger partial charge in [-0.2, -0.15) is 0 Å². The fourth-order valence-electron chi connectivity index (χ4n) is 4.40. The third-order valence-corrected chi connectivity index (χ3v) is 6.85. The Hall–Kier alpha value is -1.89. The lowest BCUT2D eigenvalue weighted by Gasteiger charge is -2.51. The van der Waals surface area contributed by atoms with E-state index in [-0.39, 0.29) is 11.9 Å². The molecule has 3 aliphatic rings. The Morgan fingerprint density at radius 3 is 2.85 bits per heavy atom. The van der Waals surface area contributed by atoms with Gasteiger partial charge in [0.25, 0.3) is 5.60 Å². The normalized spacial score (nSPS) is 29.9. The Balaban J connectivity index is 1.59. The van der Waals surface area contributed by atoms with E-state index in [0.717, 1.165) is 43.5 Å². The summed E-state index contributed by atoms with van der Waals surface area (Å²) in [7, 11) is 0. The highest BCUT2D eigenvalue weighted by atomic mass is 32.1. The van der Waals surface area contributed by atoms with Crippen molar-refractivity contribution in [1.82, 2.24) is 0 Å². The highest BCUT2D eigenvalue weighted by Crippen LogP contribution is 2.39. The molecule has 5 rings (SSSR count). The van der Waals surface area contributed by atoms with Gasteiger partial charge in [0, 0.05) is 18.8 Å². The second-order valence-electron chi connectivity index (χ2n) is 7.39. The lowest BCUT2D eigenvalue weighted by Crippen LogP contribution is -2.64. The number of quaternary nitrogens is 1. The van der Waals surface area contributed by atoms with Gasteiger partial charge < -0.3 is 18.7 Å². The highest BCUT2D eigenvalue weighted by molar-refractivity contribution is 7.10. The molecule has 3 fully saturated rings. The van der Waals surface area contributed by atoms with Crippen LogP contribution in [0, 0.1) is 5.92 Å². The quantitative estimate of drug-likeness (QED) is 0.480. The maximum absolute atomic E-state index is 13.1. The first kappa shape index (κ1) is 17.5. The summed E-state index contributed by atoms with van der Waals surface area (Å²) in [5.41, 5.74) is -1.90. The van der Waals surface area contributed by atoms with Crippen molar-refractivity contribution in [3.8, 4) is 0 Å². The molecule has 3 saturated heterocycles. The topological polar surface area (TPSA) is 59.7 Å². The van der Waals surface area contributed by atoms with Crippen molar-refractivity contribution in [2.75, 3.05) is 26.2 Å². The van der Waals surface area contributed by atoms with Crippen LogP contribution in [0.3, 0.4) is 0 Å². The largest absolute Gasteiger partial charge is 0.465 e. The lowest BCUT2D eigenvalue weighted by molar-refractivity contribution is -0.941. The minimum Gasteiger partial charge on any atom is -0.465 e. The number of piperidine rings is 3. The van der Waals surface area contributed by atoms with Crippen molar-refractivity contribution in [2.45, 2.75) is 24.5 Å². The van der Waals surface area contributed by atoms with Crippen LogP contribution >= 0.6 is 11.3 Å². The van der Waals surface area contributed by atoms with Crippen molar-refractivity contribution >= 4 is 17.3 Å². The molecule has 0 aromatic carbocycles. The van der Waals surface area contributed by atoms with Crippen LogP contribution in [0.5, 0.6) is 0 Å². The van der Waals surface area contributed by atoms with Gasteiger partial charge in [-0.25, -0.2) is 4.79 Å². The molecule has 3 aliphatic heterocycles. The van der Waals surface area contributed by atoms with E-state index in [1.54, 1.807) is 24.3 Å². The summed E-state index contributed by atoms with van der Waals surface area (Å²) in [5.74, 6) is -0.0837. The van der Waals surface area contributed by atoms with Crippen molar-refractivity contribution in [2.24, 2.45) is 5.92 Å². The number of carbonyl (C=O) groups excluding carboxylic acids is 1. The number of esters is 1. The molecule has 2 aromatic rings. The number of carbonyl (C=O) groups is 1. The van der Waals surface area contributed by atoms with Crippen LogP contribution in [0.15, 0.2) is 53.0 Å². The standard InChI is InChI=1S/C20H24NO4S/c1-2-9-21-10-7-15(8-11-21)16(14-21)25-19(22)20(23,17-5-3-12-24-17)18-6-4-13-26-18/h2-6,12-13,15-16,23H,1,7-11,14H2/q+1/t15?,16-,20?,21?/m0/s1. The molecule has 2 atom stereocenters. The predicted molar refractivity (Wildman–Crippen MR) is 98.6 cm³/mol. The summed E-state index contributed by atoms with van der Waals surface area (Å²) in [5, 5.41) is 13.1. The van der Waals surface area contributed by atoms with Crippen LogP contribution in [0.25, 0.3) is 0 Å². The summed E-state index contributed by atoms with van der Waals surface area (Å²) in [6.45, 7) is 7.79. The van der Waals surface area contributed by atoms with Crippen molar-refractivity contribution in [3.63, 3.8) is 0 Å². The van der Waals surface area contributed by atoms with E-state index in [1.807, 2.05) is 11.5 Å². The van der Waals surface area contributed by atoms with E-state index in [0.29, 0.717) is 10.8 Å². The number of hydrogen-bond acceptors (Lipinski definition) is 5. The fourth-order valence-corrected chi connectivity index (χ4v) is 5.21. The molecule has 26 heavy (non-hydrogen) atoms. The first-order valence-electron chi connectivity index (χ1n) is 9.05. The van der Waals surface area contributed by atoms with E-state index in [4.69, 9.17) is 9.15 Å². The Labute approximate surface area is 157 Å². The van der Waals surface area contributed by atoms with Gasteiger partial charge in [-0.3, -0.25) is 0 Å². The van der Waals surface area contributed by atoms with Gasteiger partial charge in [-0.1, -0.05) is 12.6 Å². The van der Waals surface area contributed by atoms with E-state index in [2.05, 4.69) is 6.58 Å². The molecule has 5 nitrogen and oxygen atoms in total. The molecule has 0 saturated carbocycles. The molecule has 138 valence electrons. The maximum Gasteiger partial charge on any atom is 0.352 e. The average Bonchev–Trinajstić information content (AvgIpc) is 3.36. The second kappa shape index (κ2) is 6.68. The minimum atomic E-state index is -1.90. The van der Waals surface area contributed by atoms with E-state index >= 15 is 0 Å². The zero-order valence-electron chi connectivity index (χ0n) is 14.7. The molecular weight excluding hydrogens is 350 g/mol. The summed E-state index contributed by atoms with van der Waals surface area (Å²) in [6.07, 6.45) is 5.33. The number of ether oxygens (including phenoxy) is 1. The SMILES string of the molecule is C=CC[N+]12CCC(CC1)[C@@H](OC(=O)C(O)(c1ccco1)c1cccs1)C2. The number of aliphatic hydroxyl groups is 1. The highest BCUT2D eigenvalue weighted by Gasteiger charge is 2.51. The van der Waals surface area contributed by atoms with Gasteiger partial charge in [0.15, 0.2) is 11.9 Å². The number of hydrogen-bond donors (Lipinski definition) is 1. The molecule has 0 aliphatic carbocycles. The van der Waals surface area contributed by atoms with Crippen LogP contribution in [-0.4, -0.2) is 47.8 Å². The minimum absolute atomic E-state index is 0.175. The first-order valence-corrected chi connectivity index (χ1v) is 9.93. The number of furan rings is 1. The van der Waals surface area contributed by atoms with Crippen LogP contribution in [0.1, 0.15) is 23.5 Å². The Morgan fingerprint density at radius 1 is 1.42 bits per heavy atom. The zero-order valence-corrected chi connectivity index (χ0v) is 15.5. The Bertz CT molecular complexity index is 726. The van der Waals surface area contributed by atoms with Gasteiger partial charge in [-0.15, -0.1) is 11.3 Å². The predicted octanol–water partition coefficient (Wildman–Crippen LogP) is 2.92. The second-order valence-corrected chi connectivity index (χ2v) is 8.34. The van der Waals surface area contributed by atoms with Gasteiger partial charge >= 0.3 is 5.97 Å². The maximum atomic E-state index is 13.1. The fraction of sp³-hybridized carbons (Fsp3) is 0.450. The summed E-state index contributed by atoms with van der Waals surface area (Å²) in [6, 6.07) is 6.82. The van der Waals surface area contributed by atoms with Crippen molar-refractivity contribution < 1.29 is 23.5 Å². The van der Waals surface area contributed by atoms with Gasteiger partial charge in [0.2, 0.25) is 0 Å². The molecule has 5 heterocycles. The lowest BCUT2D eigenvalue weighted by atomic mass is 9.83. The average molecular weight is 374 g/mol. The van der Waals surface area contributed by atoms with Gasteiger partial charge in [0.1, 0.15) is 6.54 Å². The Morgan fingerprint density at radius 2 is 2.23 bits per heavy atom. The van der Waals surface area contributed by atoms with Crippen molar-refractivity contribution in [1.29, 1.82) is 0 Å². The molecule has 1 N–H and O–H groups in total. The van der Waals surface area contributed by atoms with Crippen molar-refractivity contribution in [3.05, 3.63) is 59.2 Å². The molecule has 0 spiro atoms. The Kier molecular flexibility index (Phi) is 4.50. The summed E-state index contributed by atoms with van der Waals surface area (Å²) in [4.78, 5) is 13.6. The van der Waals surface area contributed by atoms with Gasteiger partial charge in [0.05, 0.1) is 30.8 Å². The summed E-state index contributed by atoms with van der Waals surface area (Å²) < 4.78 is 12.2. The van der Waals surface area contributed by atoms with Crippen LogP contribution in [-0.2, 0) is 15.1 Å². The van der Waals surface area contributed by atoms with E-state index < -0.39 is 11.6 Å². The van der Waals surface area contributed by atoms with Crippen LogP contribution in [0.2, 0.25) is 0 Å². The zero-order chi connectivity index (χ0) is 18.2. The van der Waals surface area contributed by atoms with Crippen LogP contribution < -0.4 is 0 Å². The van der Waals surface area contributed by atoms with Crippen LogP contribution in [0.4, 0.5) is 0 Å². The smallest absolute Gasteiger partial charge is 0.352 e. The van der Waals surface area contributed by atoms with Gasteiger partial charge in [-0.05, 0) is 29.7 Å². The first-order chi connectivity index (χ1) is 12.6.